The first kappa shape index (κ1) is 12.6. The highest BCUT2D eigenvalue weighted by molar-refractivity contribution is 5.28. The van der Waals surface area contributed by atoms with Crippen LogP contribution < -0.4 is 0 Å². The maximum atomic E-state index is 10.1. The van der Waals surface area contributed by atoms with Gasteiger partial charge in [0.15, 0.2) is 0 Å². The quantitative estimate of drug-likeness (QED) is 0.680. The van der Waals surface area contributed by atoms with Crippen molar-refractivity contribution >= 4 is 0 Å². The van der Waals surface area contributed by atoms with Gasteiger partial charge in [-0.05, 0) is 32.4 Å². The second-order valence-electron chi connectivity index (χ2n) is 5.12. The van der Waals surface area contributed by atoms with Gasteiger partial charge in [-0.2, -0.15) is 0 Å². The molecule has 4 nitrogen and oxygen atoms in total. The van der Waals surface area contributed by atoms with Crippen LogP contribution in [-0.4, -0.2) is 39.7 Å². The molecule has 5 unspecified atom stereocenters. The van der Waals surface area contributed by atoms with E-state index in [1.807, 2.05) is 6.92 Å². The van der Waals surface area contributed by atoms with E-state index in [1.165, 1.54) is 0 Å². The predicted molar refractivity (Wildman–Crippen MR) is 63.5 cm³/mol. The van der Waals surface area contributed by atoms with Crippen LogP contribution in [0.2, 0.25) is 0 Å². The Balaban J connectivity index is 2.11. The van der Waals surface area contributed by atoms with Crippen LogP contribution >= 0.6 is 0 Å². The van der Waals surface area contributed by atoms with Gasteiger partial charge in [-0.3, -0.25) is 0 Å². The first-order chi connectivity index (χ1) is 7.97. The largest absolute Gasteiger partial charge is 0.508 e. The summed E-state index contributed by atoms with van der Waals surface area (Å²) in [5.41, 5.74) is 0.943. The molecule has 0 saturated carbocycles. The van der Waals surface area contributed by atoms with E-state index < -0.39 is 12.2 Å². The van der Waals surface area contributed by atoms with E-state index in [0.717, 1.165) is 5.57 Å². The number of hydrogen-bond donors (Lipinski definition) is 3. The minimum absolute atomic E-state index is 0.0730. The Hall–Kier alpha value is -0.840. The van der Waals surface area contributed by atoms with E-state index >= 15 is 0 Å². The molecule has 17 heavy (non-hydrogen) atoms. The summed E-state index contributed by atoms with van der Waals surface area (Å²) in [6, 6.07) is 0. The molecule has 2 aliphatic rings. The molecule has 1 saturated heterocycles. The molecule has 0 radical (unpaired) electrons. The molecular formula is C13H20O4. The van der Waals surface area contributed by atoms with Crippen LogP contribution in [0.15, 0.2) is 23.5 Å². The summed E-state index contributed by atoms with van der Waals surface area (Å²) < 4.78 is 5.82. The summed E-state index contributed by atoms with van der Waals surface area (Å²) in [7, 11) is 0. The molecule has 0 bridgehead atoms. The van der Waals surface area contributed by atoms with Gasteiger partial charge in [-0.25, -0.2) is 0 Å². The predicted octanol–water partition coefficient (Wildman–Crippen LogP) is 1.29. The van der Waals surface area contributed by atoms with Crippen molar-refractivity contribution in [2.75, 3.05) is 0 Å². The van der Waals surface area contributed by atoms with Crippen molar-refractivity contribution in [1.82, 2.24) is 0 Å². The van der Waals surface area contributed by atoms with E-state index in [9.17, 15) is 15.3 Å². The molecule has 0 aromatic carbocycles. The van der Waals surface area contributed by atoms with E-state index in [-0.39, 0.29) is 23.9 Å². The summed E-state index contributed by atoms with van der Waals surface area (Å²) >= 11 is 0. The van der Waals surface area contributed by atoms with Gasteiger partial charge in [0.05, 0.1) is 24.4 Å². The lowest BCUT2D eigenvalue weighted by molar-refractivity contribution is -0.117. The molecule has 3 N–H and O–H groups in total. The summed E-state index contributed by atoms with van der Waals surface area (Å²) in [6.07, 6.45) is 3.00. The van der Waals surface area contributed by atoms with Gasteiger partial charge in [-0.1, -0.05) is 5.57 Å². The Labute approximate surface area is 101 Å². The third-order valence-electron chi connectivity index (χ3n) is 3.46. The summed E-state index contributed by atoms with van der Waals surface area (Å²) in [5, 5.41) is 29.0. The molecular weight excluding hydrogens is 220 g/mol. The van der Waals surface area contributed by atoms with E-state index in [0.29, 0.717) is 12.8 Å². The fraction of sp³-hybridized carbons (Fsp3) is 0.692. The zero-order chi connectivity index (χ0) is 12.6. The van der Waals surface area contributed by atoms with Gasteiger partial charge < -0.3 is 20.1 Å². The topological polar surface area (TPSA) is 69.9 Å². The van der Waals surface area contributed by atoms with Gasteiger partial charge in [0.1, 0.15) is 5.76 Å². The number of aliphatic hydroxyl groups is 3. The van der Waals surface area contributed by atoms with Crippen LogP contribution in [-0.2, 0) is 4.74 Å². The number of allylic oxidation sites excluding steroid dienone is 1. The molecule has 1 aliphatic heterocycles. The van der Waals surface area contributed by atoms with Gasteiger partial charge in [0, 0.05) is 12.3 Å². The summed E-state index contributed by atoms with van der Waals surface area (Å²) in [4.78, 5) is 0. The first-order valence-corrected chi connectivity index (χ1v) is 6.08. The minimum atomic E-state index is -0.474. The monoisotopic (exact) mass is 240 g/mol. The molecule has 1 aliphatic carbocycles. The second-order valence-corrected chi connectivity index (χ2v) is 5.12. The van der Waals surface area contributed by atoms with Gasteiger partial charge in [-0.15, -0.1) is 0 Å². The van der Waals surface area contributed by atoms with E-state index in [1.54, 1.807) is 19.1 Å². The number of fused-ring (bicyclic) bond motifs is 1. The SMILES string of the molecule is CC1=CC(O)=CC2OC(CC(C)O)CC(O)C12. The molecule has 0 aromatic rings. The maximum Gasteiger partial charge on any atom is 0.114 e. The van der Waals surface area contributed by atoms with Crippen molar-refractivity contribution in [1.29, 1.82) is 0 Å². The molecule has 4 heteroatoms. The highest BCUT2D eigenvalue weighted by Gasteiger charge is 2.39. The number of hydrogen-bond acceptors (Lipinski definition) is 4. The van der Waals surface area contributed by atoms with Gasteiger partial charge in [0.2, 0.25) is 0 Å². The van der Waals surface area contributed by atoms with E-state index in [4.69, 9.17) is 4.74 Å². The lowest BCUT2D eigenvalue weighted by Crippen LogP contribution is -2.45. The van der Waals surface area contributed by atoms with Gasteiger partial charge >= 0.3 is 0 Å². The second kappa shape index (κ2) is 4.80. The van der Waals surface area contributed by atoms with E-state index in [2.05, 4.69) is 0 Å². The fourth-order valence-corrected chi connectivity index (χ4v) is 2.78. The van der Waals surface area contributed by atoms with Crippen molar-refractivity contribution in [2.24, 2.45) is 5.92 Å². The highest BCUT2D eigenvalue weighted by Crippen LogP contribution is 2.36. The number of ether oxygens (including phenoxy) is 1. The molecule has 0 spiro atoms. The fourth-order valence-electron chi connectivity index (χ4n) is 2.78. The van der Waals surface area contributed by atoms with Crippen LogP contribution in [0.25, 0.3) is 0 Å². The zero-order valence-corrected chi connectivity index (χ0v) is 10.2. The first-order valence-electron chi connectivity index (χ1n) is 6.08. The minimum Gasteiger partial charge on any atom is -0.508 e. The van der Waals surface area contributed by atoms with Crippen LogP contribution in [0.5, 0.6) is 0 Å². The van der Waals surface area contributed by atoms with Crippen LogP contribution in [0, 0.1) is 5.92 Å². The van der Waals surface area contributed by atoms with Crippen LogP contribution in [0.4, 0.5) is 0 Å². The van der Waals surface area contributed by atoms with Crippen LogP contribution in [0.3, 0.4) is 0 Å². The Morgan fingerprint density at radius 3 is 2.88 bits per heavy atom. The maximum absolute atomic E-state index is 10.1. The molecule has 2 rings (SSSR count). The molecule has 1 heterocycles. The highest BCUT2D eigenvalue weighted by atomic mass is 16.5. The molecule has 5 atom stereocenters. The Kier molecular flexibility index (Phi) is 3.56. The molecule has 96 valence electrons. The van der Waals surface area contributed by atoms with Crippen LogP contribution in [0.1, 0.15) is 26.7 Å². The summed E-state index contributed by atoms with van der Waals surface area (Å²) in [5.74, 6) is 0.116. The zero-order valence-electron chi connectivity index (χ0n) is 10.2. The smallest absolute Gasteiger partial charge is 0.114 e. The average Bonchev–Trinajstić information content (AvgIpc) is 2.13. The molecule has 1 fully saturated rings. The Morgan fingerprint density at radius 2 is 2.24 bits per heavy atom. The van der Waals surface area contributed by atoms with Crippen molar-refractivity contribution in [3.8, 4) is 0 Å². The third kappa shape index (κ3) is 2.70. The average molecular weight is 240 g/mol. The summed E-state index contributed by atoms with van der Waals surface area (Å²) in [6.45, 7) is 3.60. The molecule has 0 aromatic heterocycles. The van der Waals surface area contributed by atoms with Crippen molar-refractivity contribution in [3.63, 3.8) is 0 Å². The number of aliphatic hydroxyl groups excluding tert-OH is 3. The number of rotatable bonds is 2. The van der Waals surface area contributed by atoms with Crippen molar-refractivity contribution < 1.29 is 20.1 Å². The Bertz CT molecular complexity index is 345. The standard InChI is InChI=1S/C13H20O4/c1-7-3-9(15)5-12-13(7)11(16)6-10(17-12)4-8(2)14/h3,5,8,10-16H,4,6H2,1-2H3. The normalized spacial score (nSPS) is 39.1. The molecule has 0 amide bonds. The lowest BCUT2D eigenvalue weighted by atomic mass is 9.80. The van der Waals surface area contributed by atoms with Crippen molar-refractivity contribution in [3.05, 3.63) is 23.5 Å². The Morgan fingerprint density at radius 1 is 1.53 bits per heavy atom. The third-order valence-corrected chi connectivity index (χ3v) is 3.46. The van der Waals surface area contributed by atoms with Gasteiger partial charge in [0.25, 0.3) is 0 Å². The lowest BCUT2D eigenvalue weighted by Gasteiger charge is -2.41. The van der Waals surface area contributed by atoms with Crippen molar-refractivity contribution in [2.45, 2.75) is 51.1 Å².